The van der Waals surface area contributed by atoms with Crippen LogP contribution in [0.3, 0.4) is 0 Å². The van der Waals surface area contributed by atoms with Gasteiger partial charge in [0.15, 0.2) is 0 Å². The van der Waals surface area contributed by atoms with E-state index in [2.05, 4.69) is 38.0 Å². The van der Waals surface area contributed by atoms with Crippen molar-refractivity contribution in [1.29, 1.82) is 6.69 Å². The molecule has 0 radical (unpaired) electrons. The van der Waals surface area contributed by atoms with Crippen LogP contribution in [0.5, 0.6) is 0 Å². The maximum atomic E-state index is 12.9. The highest BCUT2D eigenvalue weighted by Gasteiger charge is 2.48. The predicted molar refractivity (Wildman–Crippen MR) is 166 cm³/mol. The summed E-state index contributed by atoms with van der Waals surface area (Å²) >= 11 is 0. The summed E-state index contributed by atoms with van der Waals surface area (Å²) in [4.78, 5) is 40.4. The summed E-state index contributed by atoms with van der Waals surface area (Å²) in [5, 5.41) is 16.6. The molecule has 0 aromatic carbocycles. The van der Waals surface area contributed by atoms with Crippen molar-refractivity contribution in [2.45, 2.75) is 96.7 Å². The van der Waals surface area contributed by atoms with Gasteiger partial charge in [-0.2, -0.15) is 5.26 Å². The van der Waals surface area contributed by atoms with E-state index in [1.807, 2.05) is 27.7 Å². The Morgan fingerprint density at radius 2 is 2.02 bits per heavy atom. The third-order valence-corrected chi connectivity index (χ3v) is 10.5. The molecule has 3 aliphatic rings. The second-order valence-corrected chi connectivity index (χ2v) is 13.4. The minimum absolute atomic E-state index is 0.0765. The Kier molecular flexibility index (Phi) is 11.8. The second kappa shape index (κ2) is 15.9. The Hall–Kier alpha value is -2.83. The first-order valence-electron chi connectivity index (χ1n) is 15.8. The van der Waals surface area contributed by atoms with Crippen molar-refractivity contribution in [3.05, 3.63) is 38.7 Å². The minimum Gasteiger partial charge on any atom is -0.394 e. The van der Waals surface area contributed by atoms with Gasteiger partial charge in [0.25, 0.3) is 14.1 Å². The zero-order chi connectivity index (χ0) is 32.5. The van der Waals surface area contributed by atoms with Gasteiger partial charge in [-0.15, -0.1) is 11.8 Å². The molecule has 12 nitrogen and oxygen atoms in total. The van der Waals surface area contributed by atoms with Gasteiger partial charge in [0.2, 0.25) is 7.34 Å². The molecule has 2 unspecified atom stereocenters. The lowest BCUT2D eigenvalue weighted by molar-refractivity contribution is -0.116. The summed E-state index contributed by atoms with van der Waals surface area (Å²) in [5.41, 5.74) is -1.19. The molecule has 2 heterocycles. The molecule has 13 heteroatoms. The van der Waals surface area contributed by atoms with Crippen molar-refractivity contribution >= 4 is 20.5 Å². The van der Waals surface area contributed by atoms with E-state index >= 15 is 0 Å². The number of nitrogens with zero attached hydrogens (tertiary/aromatic N) is 3. The SMILES string of the molecule is [2H]OC[C@H]1O[C@@H](n2cc(/C=C/C(=O)NC[C@@H]3[C@@H]4CCC#CCC[C@@H]43)c(=O)[nH]c2=O)CC1OP(OCCC#N)N(C(C)C)C(C)C. The fraction of sp³-hybridized carbons (Fsp3) is 0.677. The largest absolute Gasteiger partial charge is 0.394 e. The lowest BCUT2D eigenvalue weighted by Crippen LogP contribution is -2.36. The standard InChI is InChI=1S/C31H44N5O7P/c1-20(2)36(21(3)4)44(41-15-9-14-32)43-26-16-29(42-27(26)19-37)35-18-22(30(39)34-31(35)40)12-13-28(38)33-17-25-23-10-7-5-6-8-11-24(23)25/h12-13,18,20-21,23-27,29,37H,7-11,15-17,19H2,1-4H3,(H,33,38)(H,34,39,40)/b13-12+/t23-,24+,25-,26?,27-,29-,44?/m1/s1/i37D. The average Bonchev–Trinajstić information content (AvgIpc) is 3.45. The zero-order valence-electron chi connectivity index (χ0n) is 26.9. The first-order valence-corrected chi connectivity index (χ1v) is 16.5. The number of aliphatic hydroxyl groups is 1. The molecule has 2 fully saturated rings. The van der Waals surface area contributed by atoms with Gasteiger partial charge < -0.3 is 24.2 Å². The normalized spacial score (nSPS) is 27.3. The van der Waals surface area contributed by atoms with Crippen molar-refractivity contribution in [3.63, 3.8) is 0 Å². The number of nitriles is 1. The molecule has 4 rings (SSSR count). The summed E-state index contributed by atoms with van der Waals surface area (Å²) in [5.74, 6) is 7.74. The Balaban J connectivity index is 1.44. The molecule has 240 valence electrons. The lowest BCUT2D eigenvalue weighted by Gasteiger charge is -2.37. The molecule has 1 aromatic heterocycles. The second-order valence-electron chi connectivity index (χ2n) is 12.0. The Labute approximate surface area is 261 Å². The molecule has 3 N–H and O–H groups in total. The number of rotatable bonds is 15. The van der Waals surface area contributed by atoms with E-state index in [1.165, 1.54) is 22.9 Å². The monoisotopic (exact) mass is 630 g/mol. The van der Waals surface area contributed by atoms with Crippen LogP contribution in [0.2, 0.25) is 0 Å². The number of nitrogens with one attached hydrogen (secondary N) is 2. The highest BCUT2D eigenvalue weighted by molar-refractivity contribution is 7.44. The van der Waals surface area contributed by atoms with Gasteiger partial charge in [-0.1, -0.05) is 0 Å². The quantitative estimate of drug-likeness (QED) is 0.115. The van der Waals surface area contributed by atoms with Crippen LogP contribution in [0, 0.1) is 40.9 Å². The van der Waals surface area contributed by atoms with Crippen LogP contribution in [-0.2, 0) is 18.6 Å². The van der Waals surface area contributed by atoms with Crippen molar-refractivity contribution in [3.8, 4) is 17.9 Å². The third kappa shape index (κ3) is 8.66. The molecule has 1 saturated heterocycles. The van der Waals surface area contributed by atoms with Crippen LogP contribution in [0.4, 0.5) is 0 Å². The number of aromatic nitrogens is 2. The third-order valence-electron chi connectivity index (χ3n) is 8.30. The Morgan fingerprint density at radius 1 is 1.32 bits per heavy atom. The molecule has 1 aromatic rings. The summed E-state index contributed by atoms with van der Waals surface area (Å²) in [7, 11) is -1.62. The van der Waals surface area contributed by atoms with E-state index < -0.39 is 38.2 Å². The van der Waals surface area contributed by atoms with E-state index in [9.17, 15) is 14.4 Å². The molecule has 7 atom stereocenters. The summed E-state index contributed by atoms with van der Waals surface area (Å²) in [6.45, 7) is 8.75. The topological polar surface area (TPSA) is 159 Å². The number of aromatic amines is 1. The number of H-pyrrole nitrogens is 1. The van der Waals surface area contributed by atoms with Crippen LogP contribution < -0.4 is 16.6 Å². The van der Waals surface area contributed by atoms with Crippen LogP contribution in [-0.4, -0.2) is 70.7 Å². The first-order chi connectivity index (χ1) is 21.6. The highest BCUT2D eigenvalue weighted by atomic mass is 31.2. The molecular formula is C31H44N5O7P. The molecule has 2 aliphatic carbocycles. The van der Waals surface area contributed by atoms with Crippen LogP contribution in [0.25, 0.3) is 6.08 Å². The molecule has 1 amide bonds. The van der Waals surface area contributed by atoms with E-state index in [0.29, 0.717) is 24.3 Å². The van der Waals surface area contributed by atoms with Crippen molar-refractivity contribution in [1.82, 2.24) is 19.5 Å². The molecule has 44 heavy (non-hydrogen) atoms. The van der Waals surface area contributed by atoms with Gasteiger partial charge in [-0.05, 0) is 64.4 Å². The number of ether oxygens (including phenoxy) is 1. The van der Waals surface area contributed by atoms with Gasteiger partial charge in [0, 0.05) is 50.2 Å². The Bertz CT molecular complexity index is 1390. The van der Waals surface area contributed by atoms with Gasteiger partial charge >= 0.3 is 5.69 Å². The maximum absolute atomic E-state index is 12.9. The van der Waals surface area contributed by atoms with Crippen LogP contribution in [0.1, 0.15) is 78.0 Å². The summed E-state index contributed by atoms with van der Waals surface area (Å²) in [6, 6.07) is 2.23. The number of hydrogen-bond donors (Lipinski definition) is 3. The summed E-state index contributed by atoms with van der Waals surface area (Å²) < 4.78 is 29.2. The van der Waals surface area contributed by atoms with E-state index in [4.69, 9.17) is 20.5 Å². The van der Waals surface area contributed by atoms with E-state index in [-0.39, 0.29) is 49.6 Å². The zero-order valence-corrected chi connectivity index (χ0v) is 26.8. The Morgan fingerprint density at radius 3 is 2.66 bits per heavy atom. The number of carbonyl (C=O) groups is 1. The lowest BCUT2D eigenvalue weighted by atomic mass is 10.1. The average molecular weight is 631 g/mol. The van der Waals surface area contributed by atoms with E-state index in [0.717, 1.165) is 25.7 Å². The molecule has 0 bridgehead atoms. The van der Waals surface area contributed by atoms with Crippen LogP contribution >= 0.6 is 8.53 Å². The van der Waals surface area contributed by atoms with Gasteiger partial charge in [-0.3, -0.25) is 19.1 Å². The number of amides is 1. The molecule has 0 spiro atoms. The number of carbonyl (C=O) groups excluding carboxylic acids is 1. The predicted octanol–water partition coefficient (Wildman–Crippen LogP) is 3.05. The number of fused-ring (bicyclic) bond motifs is 1. The fourth-order valence-electron chi connectivity index (χ4n) is 6.16. The smallest absolute Gasteiger partial charge is 0.330 e. The van der Waals surface area contributed by atoms with E-state index in [1.54, 1.807) is 0 Å². The van der Waals surface area contributed by atoms with Crippen molar-refractivity contribution in [2.24, 2.45) is 17.8 Å². The molecular weight excluding hydrogens is 585 g/mol. The highest BCUT2D eigenvalue weighted by Crippen LogP contribution is 2.52. The van der Waals surface area contributed by atoms with Crippen LogP contribution in [0.15, 0.2) is 21.9 Å². The number of aliphatic hydroxyl groups excluding tert-OH is 1. The van der Waals surface area contributed by atoms with Gasteiger partial charge in [-0.25, -0.2) is 9.46 Å². The van der Waals surface area contributed by atoms with Crippen molar-refractivity contribution in [2.75, 3.05) is 19.8 Å². The van der Waals surface area contributed by atoms with Gasteiger partial charge in [0.1, 0.15) is 12.3 Å². The molecule has 1 saturated carbocycles. The van der Waals surface area contributed by atoms with Gasteiger partial charge in [0.05, 0.1) is 37.4 Å². The fourth-order valence-corrected chi connectivity index (χ4v) is 7.91. The minimum atomic E-state index is -1.62. The molecule has 1 aliphatic heterocycles. The number of hydrogen-bond acceptors (Lipinski definition) is 9. The first kappa shape index (κ1) is 32.6. The summed E-state index contributed by atoms with van der Waals surface area (Å²) in [6.07, 6.45) is 6.26. The van der Waals surface area contributed by atoms with Crippen molar-refractivity contribution < 1.29 is 23.7 Å². The maximum Gasteiger partial charge on any atom is 0.330 e.